The number of benzene rings is 2. The standard InChI is InChI=1S/C24H23ClFN3O.ClH/c1-14(29-24(30)20-8-6-17(25)12-23(20)28-29)15-2-4-16(5-3-15)19-10-11-27-22-9-7-18(26)13-21(19)22;/h6-16,28H,2-5H2,1H3;1H/t14?,15-,16+;. The van der Waals surface area contributed by atoms with E-state index in [9.17, 15) is 9.18 Å². The molecular weight excluding hydrogens is 436 g/mol. The fraction of sp³-hybridized carbons (Fsp3) is 0.333. The smallest absolute Gasteiger partial charge is 0.274 e. The Hall–Kier alpha value is -2.37. The van der Waals surface area contributed by atoms with Crippen LogP contribution in [0.25, 0.3) is 21.8 Å². The number of halogens is 3. The van der Waals surface area contributed by atoms with Gasteiger partial charge in [0.1, 0.15) is 5.82 Å². The second-order valence-electron chi connectivity index (χ2n) is 8.39. The van der Waals surface area contributed by atoms with Crippen LogP contribution < -0.4 is 5.56 Å². The highest BCUT2D eigenvalue weighted by atomic mass is 35.5. The van der Waals surface area contributed by atoms with E-state index in [1.165, 1.54) is 11.6 Å². The fourth-order valence-electron chi connectivity index (χ4n) is 5.01. The summed E-state index contributed by atoms with van der Waals surface area (Å²) >= 11 is 6.07. The normalized spacial score (nSPS) is 20.0. The van der Waals surface area contributed by atoms with Crippen LogP contribution in [0.15, 0.2) is 53.5 Å². The van der Waals surface area contributed by atoms with Gasteiger partial charge in [0, 0.05) is 16.6 Å². The molecule has 7 heteroatoms. The maximum Gasteiger partial charge on any atom is 0.274 e. The van der Waals surface area contributed by atoms with E-state index < -0.39 is 0 Å². The first-order valence-electron chi connectivity index (χ1n) is 10.4. The number of rotatable bonds is 3. The monoisotopic (exact) mass is 459 g/mol. The van der Waals surface area contributed by atoms with E-state index in [0.29, 0.717) is 22.2 Å². The Kier molecular flexibility index (Phi) is 6.09. The Morgan fingerprint density at radius 1 is 1.10 bits per heavy atom. The lowest BCUT2D eigenvalue weighted by Crippen LogP contribution is -2.28. The highest BCUT2D eigenvalue weighted by molar-refractivity contribution is 6.31. The van der Waals surface area contributed by atoms with E-state index in [0.717, 1.165) is 42.1 Å². The van der Waals surface area contributed by atoms with Crippen molar-refractivity contribution in [2.45, 2.75) is 44.6 Å². The SMILES string of the molecule is CC([C@H]1CC[C@@H](c2ccnc3ccc(F)cc32)CC1)n1[nH]c2cc(Cl)ccc2c1=O.Cl. The molecule has 2 heterocycles. The van der Waals surface area contributed by atoms with Gasteiger partial charge in [-0.15, -0.1) is 12.4 Å². The van der Waals surface area contributed by atoms with E-state index in [2.05, 4.69) is 17.0 Å². The number of nitrogens with one attached hydrogen (secondary N) is 1. The van der Waals surface area contributed by atoms with Crippen LogP contribution in [0.4, 0.5) is 4.39 Å². The summed E-state index contributed by atoms with van der Waals surface area (Å²) in [5, 5.41) is 5.45. The van der Waals surface area contributed by atoms with Crippen LogP contribution in [0.3, 0.4) is 0 Å². The lowest BCUT2D eigenvalue weighted by Gasteiger charge is -2.33. The second-order valence-corrected chi connectivity index (χ2v) is 8.83. The summed E-state index contributed by atoms with van der Waals surface area (Å²) in [4.78, 5) is 17.2. The van der Waals surface area contributed by atoms with Gasteiger partial charge < -0.3 is 0 Å². The molecule has 31 heavy (non-hydrogen) atoms. The molecule has 4 aromatic rings. The molecule has 162 valence electrons. The van der Waals surface area contributed by atoms with Crippen LogP contribution in [-0.4, -0.2) is 14.8 Å². The van der Waals surface area contributed by atoms with E-state index in [4.69, 9.17) is 11.6 Å². The van der Waals surface area contributed by atoms with Crippen molar-refractivity contribution in [3.05, 3.63) is 75.4 Å². The molecule has 0 aliphatic heterocycles. The van der Waals surface area contributed by atoms with Crippen molar-refractivity contribution in [2.75, 3.05) is 0 Å². The number of nitrogens with zero attached hydrogens (tertiary/aromatic N) is 2. The van der Waals surface area contributed by atoms with Gasteiger partial charge in [-0.1, -0.05) is 11.6 Å². The summed E-state index contributed by atoms with van der Waals surface area (Å²) in [6.45, 7) is 2.11. The molecule has 1 unspecified atom stereocenters. The molecule has 0 spiro atoms. The number of pyridine rings is 1. The zero-order valence-corrected chi connectivity index (χ0v) is 18.7. The molecule has 1 atom stereocenters. The van der Waals surface area contributed by atoms with Crippen molar-refractivity contribution in [2.24, 2.45) is 5.92 Å². The molecular formula is C24H24Cl2FN3O. The third-order valence-corrected chi connectivity index (χ3v) is 6.95. The van der Waals surface area contributed by atoms with Crippen LogP contribution in [0.2, 0.25) is 5.02 Å². The Balaban J connectivity index is 0.00000231. The topological polar surface area (TPSA) is 50.7 Å². The first kappa shape index (κ1) is 21.8. The summed E-state index contributed by atoms with van der Waals surface area (Å²) in [6, 6.07) is 12.2. The Morgan fingerprint density at radius 2 is 1.87 bits per heavy atom. The first-order chi connectivity index (χ1) is 14.5. The van der Waals surface area contributed by atoms with Gasteiger partial charge in [0.25, 0.3) is 5.56 Å². The predicted molar refractivity (Wildman–Crippen MR) is 126 cm³/mol. The molecule has 1 fully saturated rings. The predicted octanol–water partition coefficient (Wildman–Crippen LogP) is 6.63. The maximum absolute atomic E-state index is 13.8. The van der Waals surface area contributed by atoms with Crippen LogP contribution in [0.5, 0.6) is 0 Å². The highest BCUT2D eigenvalue weighted by Crippen LogP contribution is 2.41. The molecule has 5 rings (SSSR count). The molecule has 0 saturated heterocycles. The van der Waals surface area contributed by atoms with E-state index in [1.807, 2.05) is 12.3 Å². The molecule has 0 bridgehead atoms. The molecule has 4 nitrogen and oxygen atoms in total. The average molecular weight is 460 g/mol. The number of aromatic amines is 1. The van der Waals surface area contributed by atoms with Crippen LogP contribution in [-0.2, 0) is 0 Å². The molecule has 0 radical (unpaired) electrons. The average Bonchev–Trinajstić information content (AvgIpc) is 3.08. The number of hydrogen-bond acceptors (Lipinski definition) is 2. The van der Waals surface area contributed by atoms with Crippen molar-refractivity contribution >= 4 is 45.8 Å². The zero-order chi connectivity index (χ0) is 20.8. The van der Waals surface area contributed by atoms with Gasteiger partial charge in [-0.05, 0) is 92.5 Å². The summed E-state index contributed by atoms with van der Waals surface area (Å²) in [6.07, 6.45) is 5.90. The van der Waals surface area contributed by atoms with Crippen molar-refractivity contribution in [3.63, 3.8) is 0 Å². The van der Waals surface area contributed by atoms with E-state index in [-0.39, 0.29) is 29.8 Å². The number of aromatic nitrogens is 3. The molecule has 1 N–H and O–H groups in total. The molecule has 2 aromatic carbocycles. The Labute approximate surface area is 190 Å². The minimum Gasteiger partial charge on any atom is -0.295 e. The third-order valence-electron chi connectivity index (χ3n) is 6.71. The zero-order valence-electron chi connectivity index (χ0n) is 17.1. The van der Waals surface area contributed by atoms with Gasteiger partial charge in [0.15, 0.2) is 0 Å². The third kappa shape index (κ3) is 3.97. The van der Waals surface area contributed by atoms with Gasteiger partial charge in [-0.25, -0.2) is 9.07 Å². The van der Waals surface area contributed by atoms with Crippen molar-refractivity contribution < 1.29 is 4.39 Å². The number of hydrogen-bond donors (Lipinski definition) is 1. The van der Waals surface area contributed by atoms with Crippen molar-refractivity contribution in [1.82, 2.24) is 14.8 Å². The minimum atomic E-state index is -0.225. The van der Waals surface area contributed by atoms with Crippen molar-refractivity contribution in [1.29, 1.82) is 0 Å². The van der Waals surface area contributed by atoms with Gasteiger partial charge in [0.2, 0.25) is 0 Å². The van der Waals surface area contributed by atoms with E-state index >= 15 is 0 Å². The molecule has 1 saturated carbocycles. The number of fused-ring (bicyclic) bond motifs is 2. The molecule has 0 amide bonds. The second kappa shape index (κ2) is 8.64. The largest absolute Gasteiger partial charge is 0.295 e. The minimum absolute atomic E-state index is 0. The summed E-state index contributed by atoms with van der Waals surface area (Å²) in [7, 11) is 0. The molecule has 2 aromatic heterocycles. The molecule has 1 aliphatic rings. The van der Waals surface area contributed by atoms with Crippen LogP contribution in [0.1, 0.15) is 50.1 Å². The van der Waals surface area contributed by atoms with Gasteiger partial charge in [-0.3, -0.25) is 14.9 Å². The van der Waals surface area contributed by atoms with Gasteiger partial charge in [-0.2, -0.15) is 0 Å². The summed E-state index contributed by atoms with van der Waals surface area (Å²) in [5.41, 5.74) is 2.81. The van der Waals surface area contributed by atoms with Gasteiger partial charge >= 0.3 is 0 Å². The Morgan fingerprint density at radius 3 is 2.65 bits per heavy atom. The quantitative estimate of drug-likeness (QED) is 0.373. The van der Waals surface area contributed by atoms with Crippen LogP contribution >= 0.6 is 24.0 Å². The fourth-order valence-corrected chi connectivity index (χ4v) is 5.18. The summed E-state index contributed by atoms with van der Waals surface area (Å²) in [5.74, 6) is 0.573. The van der Waals surface area contributed by atoms with E-state index in [1.54, 1.807) is 35.0 Å². The van der Waals surface area contributed by atoms with Crippen LogP contribution in [0, 0.1) is 11.7 Å². The van der Waals surface area contributed by atoms with Gasteiger partial charge in [0.05, 0.1) is 22.5 Å². The molecule has 1 aliphatic carbocycles. The lowest BCUT2D eigenvalue weighted by atomic mass is 9.75. The maximum atomic E-state index is 13.8. The lowest BCUT2D eigenvalue weighted by molar-refractivity contribution is 0.233. The highest BCUT2D eigenvalue weighted by Gasteiger charge is 2.29. The summed E-state index contributed by atoms with van der Waals surface area (Å²) < 4.78 is 15.6. The first-order valence-corrected chi connectivity index (χ1v) is 10.8. The number of H-pyrrole nitrogens is 1. The van der Waals surface area contributed by atoms with Crippen molar-refractivity contribution in [3.8, 4) is 0 Å². The Bertz CT molecular complexity index is 1290.